The Hall–Kier alpha value is -0.620. The number of cyclic esters (lactones) is 1. The first-order valence-electron chi connectivity index (χ1n) is 3.65. The van der Waals surface area contributed by atoms with Crippen molar-refractivity contribution in [2.75, 3.05) is 6.61 Å². The van der Waals surface area contributed by atoms with Crippen LogP contribution in [0, 0.1) is 0 Å². The van der Waals surface area contributed by atoms with E-state index in [9.17, 15) is 13.2 Å². The molecule has 1 fully saturated rings. The molecule has 1 aliphatic heterocycles. The van der Waals surface area contributed by atoms with Crippen LogP contribution in [0.4, 0.5) is 0 Å². The number of hydrogen-bond acceptors (Lipinski definition) is 4. The van der Waals surface area contributed by atoms with Gasteiger partial charge in [0, 0.05) is 0 Å². The molecule has 0 saturated carbocycles. The molecule has 1 N–H and O–H groups in total. The molecule has 0 spiro atoms. The number of esters is 1. The van der Waals surface area contributed by atoms with Gasteiger partial charge in [0.1, 0.15) is 0 Å². The lowest BCUT2D eigenvalue weighted by Crippen LogP contribution is -2.30. The highest BCUT2D eigenvalue weighted by molar-refractivity contribution is 7.87. The third-order valence-corrected chi connectivity index (χ3v) is 2.87. The molecule has 5 nitrogen and oxygen atoms in total. The molecule has 1 rings (SSSR count). The lowest BCUT2D eigenvalue weighted by Gasteiger charge is -2.07. The first kappa shape index (κ1) is 9.47. The van der Waals surface area contributed by atoms with Gasteiger partial charge in [-0.2, -0.15) is 8.42 Å². The van der Waals surface area contributed by atoms with Crippen molar-refractivity contribution in [2.45, 2.75) is 24.5 Å². The third-order valence-electron chi connectivity index (χ3n) is 1.73. The Balaban J connectivity index is 2.80. The minimum atomic E-state index is -4.27. The maximum atomic E-state index is 10.9. The van der Waals surface area contributed by atoms with Gasteiger partial charge in [-0.1, -0.05) is 0 Å². The minimum absolute atomic E-state index is 0.150. The molecule has 6 heteroatoms. The maximum absolute atomic E-state index is 10.9. The van der Waals surface area contributed by atoms with Gasteiger partial charge in [-0.25, -0.2) is 0 Å². The lowest BCUT2D eigenvalue weighted by atomic mass is 10.2. The molecule has 1 atom stereocenters. The van der Waals surface area contributed by atoms with Gasteiger partial charge in [-0.3, -0.25) is 9.35 Å². The molecule has 1 unspecified atom stereocenters. The molecule has 1 heterocycles. The van der Waals surface area contributed by atoms with Crippen LogP contribution in [0.1, 0.15) is 19.3 Å². The zero-order chi connectivity index (χ0) is 9.19. The predicted octanol–water partition coefficient (Wildman–Crippen LogP) is -0.0301. The Morgan fingerprint density at radius 3 is 2.67 bits per heavy atom. The van der Waals surface area contributed by atoms with E-state index in [2.05, 4.69) is 4.74 Å². The molecule has 70 valence electrons. The van der Waals surface area contributed by atoms with Crippen molar-refractivity contribution in [3.63, 3.8) is 0 Å². The van der Waals surface area contributed by atoms with E-state index in [1.54, 1.807) is 0 Å². The normalized spacial score (nSPS) is 26.1. The van der Waals surface area contributed by atoms with Crippen molar-refractivity contribution in [1.29, 1.82) is 0 Å². The monoisotopic (exact) mass is 194 g/mol. The zero-order valence-corrected chi connectivity index (χ0v) is 7.21. The second-order valence-corrected chi connectivity index (χ2v) is 4.27. The number of carbonyl (C=O) groups is 1. The summed E-state index contributed by atoms with van der Waals surface area (Å²) in [6, 6.07) is 0. The average Bonchev–Trinajstić information content (AvgIpc) is 2.11. The van der Waals surface area contributed by atoms with E-state index in [0.29, 0.717) is 12.8 Å². The van der Waals surface area contributed by atoms with Crippen molar-refractivity contribution in [2.24, 2.45) is 0 Å². The standard InChI is InChI=1S/C6H10O5S/c7-6-5(12(8,9)10)3-1-2-4-11-6/h5H,1-4H2,(H,8,9,10). The first-order chi connectivity index (χ1) is 5.52. The fourth-order valence-corrected chi connectivity index (χ4v) is 1.86. The third kappa shape index (κ3) is 2.18. The van der Waals surface area contributed by atoms with Gasteiger partial charge in [-0.05, 0) is 19.3 Å². The summed E-state index contributed by atoms with van der Waals surface area (Å²) in [7, 11) is -4.27. The van der Waals surface area contributed by atoms with Crippen LogP contribution in [-0.4, -0.2) is 30.8 Å². The summed E-state index contributed by atoms with van der Waals surface area (Å²) < 4.78 is 34.4. The molecule has 0 aromatic rings. The summed E-state index contributed by atoms with van der Waals surface area (Å²) in [5, 5.41) is -1.38. The topological polar surface area (TPSA) is 80.7 Å². The van der Waals surface area contributed by atoms with Crippen molar-refractivity contribution >= 4 is 16.1 Å². The van der Waals surface area contributed by atoms with Crippen molar-refractivity contribution in [3.8, 4) is 0 Å². The molecular weight excluding hydrogens is 184 g/mol. The molecule has 0 amide bonds. The second-order valence-electron chi connectivity index (χ2n) is 2.67. The van der Waals surface area contributed by atoms with E-state index in [-0.39, 0.29) is 13.0 Å². The van der Waals surface area contributed by atoms with Crippen LogP contribution in [-0.2, 0) is 19.6 Å². The number of carbonyl (C=O) groups excluding carboxylic acids is 1. The Morgan fingerprint density at radius 1 is 1.42 bits per heavy atom. The van der Waals surface area contributed by atoms with Crippen molar-refractivity contribution in [3.05, 3.63) is 0 Å². The number of hydrogen-bond donors (Lipinski definition) is 1. The first-order valence-corrected chi connectivity index (χ1v) is 5.15. The Kier molecular flexibility index (Phi) is 2.69. The van der Waals surface area contributed by atoms with E-state index in [1.165, 1.54) is 0 Å². The van der Waals surface area contributed by atoms with E-state index in [0.717, 1.165) is 0 Å². The maximum Gasteiger partial charge on any atom is 0.326 e. The van der Waals surface area contributed by atoms with Gasteiger partial charge >= 0.3 is 5.97 Å². The summed E-state index contributed by atoms with van der Waals surface area (Å²) in [6.45, 7) is 0.241. The van der Waals surface area contributed by atoms with E-state index in [1.807, 2.05) is 0 Å². The number of ether oxygens (including phenoxy) is 1. The minimum Gasteiger partial charge on any atom is -0.465 e. The van der Waals surface area contributed by atoms with Crippen LogP contribution in [0.25, 0.3) is 0 Å². The van der Waals surface area contributed by atoms with Crippen LogP contribution >= 0.6 is 0 Å². The molecule has 0 aliphatic carbocycles. The van der Waals surface area contributed by atoms with E-state index in [4.69, 9.17) is 4.55 Å². The molecule has 1 aliphatic rings. The molecule has 0 radical (unpaired) electrons. The van der Waals surface area contributed by atoms with Crippen LogP contribution in [0.5, 0.6) is 0 Å². The quantitative estimate of drug-likeness (QED) is 0.468. The predicted molar refractivity (Wildman–Crippen MR) is 40.1 cm³/mol. The largest absolute Gasteiger partial charge is 0.465 e. The summed E-state index contributed by atoms with van der Waals surface area (Å²) in [5.74, 6) is -0.838. The van der Waals surface area contributed by atoms with E-state index >= 15 is 0 Å². The highest BCUT2D eigenvalue weighted by atomic mass is 32.2. The highest BCUT2D eigenvalue weighted by Crippen LogP contribution is 2.14. The zero-order valence-electron chi connectivity index (χ0n) is 6.39. The highest BCUT2D eigenvalue weighted by Gasteiger charge is 2.33. The van der Waals surface area contributed by atoms with Crippen LogP contribution in [0.15, 0.2) is 0 Å². The average molecular weight is 194 g/mol. The summed E-state index contributed by atoms with van der Waals surface area (Å²) in [4.78, 5) is 10.9. The lowest BCUT2D eigenvalue weighted by molar-refractivity contribution is -0.142. The van der Waals surface area contributed by atoms with Crippen molar-refractivity contribution in [1.82, 2.24) is 0 Å². The SMILES string of the molecule is O=C1OCCCCC1S(=O)(=O)O. The van der Waals surface area contributed by atoms with Crippen LogP contribution in [0.2, 0.25) is 0 Å². The molecular formula is C6H10O5S. The summed E-state index contributed by atoms with van der Waals surface area (Å²) in [5.41, 5.74) is 0. The van der Waals surface area contributed by atoms with Gasteiger partial charge in [0.25, 0.3) is 10.1 Å². The fourth-order valence-electron chi connectivity index (χ4n) is 1.09. The fraction of sp³-hybridized carbons (Fsp3) is 0.833. The molecule has 12 heavy (non-hydrogen) atoms. The van der Waals surface area contributed by atoms with Gasteiger partial charge in [0.2, 0.25) is 0 Å². The van der Waals surface area contributed by atoms with Crippen LogP contribution < -0.4 is 0 Å². The number of rotatable bonds is 1. The molecule has 0 aromatic heterocycles. The van der Waals surface area contributed by atoms with Gasteiger partial charge in [-0.15, -0.1) is 0 Å². The smallest absolute Gasteiger partial charge is 0.326 e. The van der Waals surface area contributed by atoms with Gasteiger partial charge in [0.15, 0.2) is 5.25 Å². The van der Waals surface area contributed by atoms with Gasteiger partial charge in [0.05, 0.1) is 6.61 Å². The van der Waals surface area contributed by atoms with E-state index < -0.39 is 21.3 Å². The summed E-state index contributed by atoms with van der Waals surface area (Å²) in [6.07, 6.45) is 1.38. The Bertz CT molecular complexity index is 268. The van der Waals surface area contributed by atoms with Crippen LogP contribution in [0.3, 0.4) is 0 Å². The molecule has 0 aromatic carbocycles. The molecule has 0 bridgehead atoms. The molecule has 1 saturated heterocycles. The summed E-state index contributed by atoms with van der Waals surface area (Å²) >= 11 is 0. The second kappa shape index (κ2) is 3.40. The Morgan fingerprint density at radius 2 is 2.08 bits per heavy atom. The van der Waals surface area contributed by atoms with Gasteiger partial charge < -0.3 is 4.74 Å². The Labute approximate surface area is 70.5 Å². The van der Waals surface area contributed by atoms with Crippen molar-refractivity contribution < 1.29 is 22.5 Å².